The van der Waals surface area contributed by atoms with Crippen molar-refractivity contribution in [2.75, 3.05) is 4.90 Å². The van der Waals surface area contributed by atoms with E-state index in [2.05, 4.69) is 216 Å². The minimum absolute atomic E-state index is 0.0459. The van der Waals surface area contributed by atoms with Crippen molar-refractivity contribution in [2.24, 2.45) is 0 Å². The molecule has 3 heteroatoms. The van der Waals surface area contributed by atoms with E-state index in [0.717, 1.165) is 0 Å². The Kier molecular flexibility index (Phi) is 7.04. The van der Waals surface area contributed by atoms with Crippen LogP contribution in [0.25, 0.3) is 86.8 Å². The highest BCUT2D eigenvalue weighted by molar-refractivity contribution is 6.90. The number of aryl methyl sites for hydroxylation is 1. The van der Waals surface area contributed by atoms with Crippen LogP contribution in [0.3, 0.4) is 0 Å². The van der Waals surface area contributed by atoms with Crippen LogP contribution in [0.15, 0.2) is 158 Å². The van der Waals surface area contributed by atoms with E-state index in [9.17, 15) is 0 Å². The molecular weight excluding hydrogens is 747 g/mol. The lowest BCUT2D eigenvalue weighted by Crippen LogP contribution is -2.57. The van der Waals surface area contributed by atoms with E-state index in [-0.39, 0.29) is 17.7 Å². The molecule has 3 heterocycles. The predicted octanol–water partition coefficient (Wildman–Crippen LogP) is 14.9. The summed E-state index contributed by atoms with van der Waals surface area (Å²) in [5, 5.41) is 15.5. The summed E-state index contributed by atoms with van der Waals surface area (Å²) in [6, 6.07) is 60.7. The molecule has 0 saturated carbocycles. The highest BCUT2D eigenvalue weighted by Gasteiger charge is 2.45. The van der Waals surface area contributed by atoms with Gasteiger partial charge in [0.25, 0.3) is 0 Å². The monoisotopic (exact) mass is 794 g/mol. The topological polar surface area (TPSA) is 8.17 Å². The lowest BCUT2D eigenvalue weighted by Gasteiger charge is -2.43. The van der Waals surface area contributed by atoms with E-state index < -0.39 is 0 Å². The molecule has 0 bridgehead atoms. The minimum atomic E-state index is -0.0758. The van der Waals surface area contributed by atoms with Crippen LogP contribution >= 0.6 is 0 Å². The van der Waals surface area contributed by atoms with Crippen LogP contribution < -0.4 is 15.8 Å². The van der Waals surface area contributed by atoms with Crippen LogP contribution in [-0.4, -0.2) is 11.3 Å². The van der Waals surface area contributed by atoms with Gasteiger partial charge in [0.2, 0.25) is 0 Å². The molecule has 10 aromatic carbocycles. The summed E-state index contributed by atoms with van der Waals surface area (Å²) in [5.41, 5.74) is 15.7. The Labute approximate surface area is 363 Å². The van der Waals surface area contributed by atoms with Crippen molar-refractivity contribution in [1.29, 1.82) is 0 Å². The van der Waals surface area contributed by atoms with Gasteiger partial charge in [-0.05, 0) is 147 Å². The summed E-state index contributed by atoms with van der Waals surface area (Å²) in [4.78, 5) is 2.68. The van der Waals surface area contributed by atoms with Crippen LogP contribution in [0.4, 0.5) is 17.1 Å². The average molecular weight is 795 g/mol. The van der Waals surface area contributed by atoms with Crippen molar-refractivity contribution < 1.29 is 0 Å². The third kappa shape index (κ3) is 4.77. The first-order chi connectivity index (χ1) is 29.9. The second-order valence-corrected chi connectivity index (χ2v) is 20.2. The molecule has 2 aliphatic heterocycles. The average Bonchev–Trinajstić information content (AvgIpc) is 3.62. The molecule has 11 aromatic rings. The smallest absolute Gasteiger partial charge is 0.333 e. The van der Waals surface area contributed by atoms with Crippen LogP contribution in [0.5, 0.6) is 0 Å². The molecule has 0 saturated heterocycles. The van der Waals surface area contributed by atoms with Crippen molar-refractivity contribution in [1.82, 2.24) is 4.48 Å². The van der Waals surface area contributed by atoms with Crippen LogP contribution in [-0.2, 0) is 10.8 Å². The fourth-order valence-electron chi connectivity index (χ4n) is 11.4. The summed E-state index contributed by atoms with van der Waals surface area (Å²) in [6.45, 7) is 16.4. The predicted molar refractivity (Wildman–Crippen MR) is 270 cm³/mol. The Morgan fingerprint density at radius 1 is 0.468 bits per heavy atom. The number of nitrogens with zero attached hydrogens (tertiary/aromatic N) is 2. The standard InChI is InChI=1S/C59H47BN2/c1-34-47-27-37-18-9-8-17-36(37)26-40(47)29-49-56(34)61(43-32-41(58(2,3)4)31-42(33-43)59(5,6)7)51-30-39-20-12-14-22-45(39)52-48-28-38-19-11-15-23-46(38)54-53-44-21-13-10-16-35(44)24-25-50(53)62(57(48)54)60(49)55(51)52/h8-33H,1-7H3. The van der Waals surface area contributed by atoms with E-state index in [1.807, 2.05) is 0 Å². The molecule has 2 nitrogen and oxygen atoms in total. The lowest BCUT2D eigenvalue weighted by atomic mass is 9.44. The summed E-state index contributed by atoms with van der Waals surface area (Å²) in [5.74, 6) is 0. The maximum atomic E-state index is 2.76. The molecule has 0 fully saturated rings. The zero-order valence-corrected chi connectivity index (χ0v) is 36.5. The zero-order valence-electron chi connectivity index (χ0n) is 36.5. The SMILES string of the molecule is Cc1c2c(cc3cc4ccccc4cc13)B1c3c(cc4ccccc4c3-c3cc4ccccc4c4c5c6ccccc6ccc5n1c34)N2c1cc(C(C)(C)C)cc(C(C)(C)C)c1. The summed E-state index contributed by atoms with van der Waals surface area (Å²) < 4.78 is 2.76. The number of benzene rings is 10. The molecule has 0 unspecified atom stereocenters. The maximum absolute atomic E-state index is 2.76. The summed E-state index contributed by atoms with van der Waals surface area (Å²) in [7, 11) is 0. The molecule has 0 atom stereocenters. The van der Waals surface area contributed by atoms with Crippen LogP contribution in [0.1, 0.15) is 58.2 Å². The number of aromatic nitrogens is 1. The Morgan fingerprint density at radius 2 is 1.05 bits per heavy atom. The number of hydrogen-bond donors (Lipinski definition) is 0. The van der Waals surface area contributed by atoms with Crippen LogP contribution in [0.2, 0.25) is 0 Å². The lowest BCUT2D eigenvalue weighted by molar-refractivity contribution is 0.569. The van der Waals surface area contributed by atoms with E-state index >= 15 is 0 Å². The van der Waals surface area contributed by atoms with Gasteiger partial charge in [-0.1, -0.05) is 157 Å². The molecule has 62 heavy (non-hydrogen) atoms. The van der Waals surface area contributed by atoms with Crippen molar-refractivity contribution in [3.8, 4) is 11.1 Å². The van der Waals surface area contributed by atoms with E-state index in [1.165, 1.54) is 131 Å². The minimum Gasteiger partial charge on any atom is -0.375 e. The van der Waals surface area contributed by atoms with Gasteiger partial charge in [0.05, 0.1) is 0 Å². The van der Waals surface area contributed by atoms with Crippen LogP contribution in [0, 0.1) is 6.92 Å². The van der Waals surface area contributed by atoms with Crippen molar-refractivity contribution in [2.45, 2.75) is 59.3 Å². The van der Waals surface area contributed by atoms with Gasteiger partial charge in [0, 0.05) is 44.4 Å². The van der Waals surface area contributed by atoms with Crippen molar-refractivity contribution in [3.63, 3.8) is 0 Å². The molecule has 0 aliphatic carbocycles. The summed E-state index contributed by atoms with van der Waals surface area (Å²) >= 11 is 0. The molecular formula is C59H47BN2. The highest BCUT2D eigenvalue weighted by Crippen LogP contribution is 2.52. The van der Waals surface area contributed by atoms with Gasteiger partial charge >= 0.3 is 6.85 Å². The second-order valence-electron chi connectivity index (χ2n) is 20.2. The van der Waals surface area contributed by atoms with Gasteiger partial charge in [-0.15, -0.1) is 0 Å². The molecule has 0 spiro atoms. The van der Waals surface area contributed by atoms with E-state index in [4.69, 9.17) is 0 Å². The molecule has 2 aliphatic rings. The molecule has 0 amide bonds. The number of anilines is 3. The molecule has 13 rings (SSSR count). The molecule has 296 valence electrons. The highest BCUT2D eigenvalue weighted by atomic mass is 15.2. The number of rotatable bonds is 1. The Morgan fingerprint density at radius 3 is 1.73 bits per heavy atom. The van der Waals surface area contributed by atoms with Gasteiger partial charge in [0.15, 0.2) is 0 Å². The second kappa shape index (κ2) is 12.2. The quantitative estimate of drug-likeness (QED) is 0.119. The molecule has 0 N–H and O–H groups in total. The zero-order chi connectivity index (χ0) is 42.0. The summed E-state index contributed by atoms with van der Waals surface area (Å²) in [6.07, 6.45) is 0. The molecule has 1 aromatic heterocycles. The first-order valence-corrected chi connectivity index (χ1v) is 22.3. The van der Waals surface area contributed by atoms with E-state index in [0.29, 0.717) is 0 Å². The van der Waals surface area contributed by atoms with Gasteiger partial charge in [0.1, 0.15) is 0 Å². The third-order valence-corrected chi connectivity index (χ3v) is 14.5. The van der Waals surface area contributed by atoms with Gasteiger partial charge in [-0.2, -0.15) is 0 Å². The Bertz CT molecular complexity index is 3760. The Hall–Kier alpha value is -6.84. The molecule has 0 radical (unpaired) electrons. The first-order valence-electron chi connectivity index (χ1n) is 22.3. The first kappa shape index (κ1) is 35.9. The van der Waals surface area contributed by atoms with Gasteiger partial charge in [-0.3, -0.25) is 0 Å². The fourth-order valence-corrected chi connectivity index (χ4v) is 11.4. The van der Waals surface area contributed by atoms with E-state index in [1.54, 1.807) is 0 Å². The maximum Gasteiger partial charge on any atom is 0.333 e. The Balaban J connectivity index is 1.28. The van der Waals surface area contributed by atoms with Crippen molar-refractivity contribution in [3.05, 3.63) is 174 Å². The number of hydrogen-bond acceptors (Lipinski definition) is 1. The van der Waals surface area contributed by atoms with Gasteiger partial charge in [-0.25, -0.2) is 0 Å². The fraction of sp³-hybridized carbons (Fsp3) is 0.153. The third-order valence-electron chi connectivity index (χ3n) is 14.5. The normalized spacial score (nSPS) is 13.7. The van der Waals surface area contributed by atoms with Crippen molar-refractivity contribution >= 4 is 111 Å². The largest absolute Gasteiger partial charge is 0.375 e. The number of fused-ring (bicyclic) bond motifs is 15. The van der Waals surface area contributed by atoms with Gasteiger partial charge < -0.3 is 9.38 Å².